The highest BCUT2D eigenvalue weighted by Gasteiger charge is 2.13. The van der Waals surface area contributed by atoms with Gasteiger partial charge in [-0.15, -0.1) is 0 Å². The number of nitrogens with zero attached hydrogens (tertiary/aromatic N) is 1. The Bertz CT molecular complexity index is 361. The SMILES string of the molecule is CCOc1ccc(C(C=O)N(C)C)cc1C. The van der Waals surface area contributed by atoms with Gasteiger partial charge in [0, 0.05) is 0 Å². The molecule has 0 radical (unpaired) electrons. The van der Waals surface area contributed by atoms with Crippen molar-refractivity contribution in [2.24, 2.45) is 0 Å². The summed E-state index contributed by atoms with van der Waals surface area (Å²) in [6, 6.07) is 5.68. The molecule has 0 fully saturated rings. The first-order valence-corrected chi connectivity index (χ1v) is 5.45. The number of hydrogen-bond acceptors (Lipinski definition) is 3. The highest BCUT2D eigenvalue weighted by atomic mass is 16.5. The molecule has 1 aromatic carbocycles. The second kappa shape index (κ2) is 5.66. The number of aryl methyl sites for hydroxylation is 1. The molecule has 0 aliphatic heterocycles. The summed E-state index contributed by atoms with van der Waals surface area (Å²) in [4.78, 5) is 12.9. The van der Waals surface area contributed by atoms with Gasteiger partial charge in [0.25, 0.3) is 0 Å². The van der Waals surface area contributed by atoms with Gasteiger partial charge in [-0.2, -0.15) is 0 Å². The van der Waals surface area contributed by atoms with E-state index in [0.717, 1.165) is 23.2 Å². The van der Waals surface area contributed by atoms with E-state index in [1.165, 1.54) is 0 Å². The van der Waals surface area contributed by atoms with Gasteiger partial charge in [-0.1, -0.05) is 12.1 Å². The van der Waals surface area contributed by atoms with E-state index < -0.39 is 0 Å². The van der Waals surface area contributed by atoms with E-state index in [-0.39, 0.29) is 6.04 Å². The average Bonchev–Trinajstić information content (AvgIpc) is 2.22. The Morgan fingerprint density at radius 2 is 2.12 bits per heavy atom. The molecular weight excluding hydrogens is 202 g/mol. The van der Waals surface area contributed by atoms with Crippen LogP contribution in [-0.2, 0) is 4.79 Å². The molecule has 0 saturated heterocycles. The lowest BCUT2D eigenvalue weighted by molar-refractivity contribution is -0.111. The van der Waals surface area contributed by atoms with Gasteiger partial charge in [0.2, 0.25) is 0 Å². The summed E-state index contributed by atoms with van der Waals surface area (Å²) in [5, 5.41) is 0. The quantitative estimate of drug-likeness (QED) is 0.714. The van der Waals surface area contributed by atoms with E-state index in [1.807, 2.05) is 51.0 Å². The molecule has 1 unspecified atom stereocenters. The van der Waals surface area contributed by atoms with Gasteiger partial charge >= 0.3 is 0 Å². The topological polar surface area (TPSA) is 29.5 Å². The number of carbonyl (C=O) groups excluding carboxylic acids is 1. The lowest BCUT2D eigenvalue weighted by Crippen LogP contribution is -2.21. The minimum atomic E-state index is -0.186. The molecule has 16 heavy (non-hydrogen) atoms. The minimum Gasteiger partial charge on any atom is -0.494 e. The van der Waals surface area contributed by atoms with Gasteiger partial charge in [0.15, 0.2) is 0 Å². The van der Waals surface area contributed by atoms with E-state index in [1.54, 1.807) is 0 Å². The van der Waals surface area contributed by atoms with Crippen molar-refractivity contribution in [3.63, 3.8) is 0 Å². The molecule has 0 bridgehead atoms. The van der Waals surface area contributed by atoms with Crippen LogP contribution in [0, 0.1) is 6.92 Å². The van der Waals surface area contributed by atoms with E-state index in [2.05, 4.69) is 0 Å². The molecule has 1 rings (SSSR count). The number of benzene rings is 1. The molecule has 3 nitrogen and oxygen atoms in total. The predicted molar refractivity (Wildman–Crippen MR) is 64.8 cm³/mol. The van der Waals surface area contributed by atoms with Crippen molar-refractivity contribution < 1.29 is 9.53 Å². The van der Waals surface area contributed by atoms with Crippen molar-refractivity contribution in [1.29, 1.82) is 0 Å². The molecule has 0 aliphatic carbocycles. The van der Waals surface area contributed by atoms with Crippen molar-refractivity contribution in [1.82, 2.24) is 4.90 Å². The fourth-order valence-corrected chi connectivity index (χ4v) is 1.67. The van der Waals surface area contributed by atoms with Gasteiger partial charge in [0.05, 0.1) is 12.6 Å². The van der Waals surface area contributed by atoms with Crippen LogP contribution in [0.3, 0.4) is 0 Å². The molecule has 1 aromatic rings. The third kappa shape index (κ3) is 2.83. The Labute approximate surface area is 97.0 Å². The van der Waals surface area contributed by atoms with Crippen molar-refractivity contribution in [2.75, 3.05) is 20.7 Å². The maximum Gasteiger partial charge on any atom is 0.141 e. The molecule has 0 aromatic heterocycles. The summed E-state index contributed by atoms with van der Waals surface area (Å²) in [6.45, 7) is 4.61. The van der Waals surface area contributed by atoms with Crippen LogP contribution in [0.4, 0.5) is 0 Å². The molecule has 88 valence electrons. The van der Waals surface area contributed by atoms with Crippen LogP contribution in [0.1, 0.15) is 24.1 Å². The zero-order valence-corrected chi connectivity index (χ0v) is 10.4. The summed E-state index contributed by atoms with van der Waals surface area (Å²) < 4.78 is 5.46. The second-order valence-electron chi connectivity index (χ2n) is 4.00. The zero-order chi connectivity index (χ0) is 12.1. The molecule has 3 heteroatoms. The number of rotatable bonds is 5. The van der Waals surface area contributed by atoms with Gasteiger partial charge in [0.1, 0.15) is 12.0 Å². The summed E-state index contributed by atoms with van der Waals surface area (Å²) in [6.07, 6.45) is 0.953. The summed E-state index contributed by atoms with van der Waals surface area (Å²) in [7, 11) is 3.79. The zero-order valence-electron chi connectivity index (χ0n) is 10.4. The fourth-order valence-electron chi connectivity index (χ4n) is 1.67. The van der Waals surface area contributed by atoms with Crippen LogP contribution in [0.5, 0.6) is 5.75 Å². The molecule has 0 amide bonds. The number of carbonyl (C=O) groups is 1. The second-order valence-corrected chi connectivity index (χ2v) is 4.00. The molecule has 1 atom stereocenters. The lowest BCUT2D eigenvalue weighted by Gasteiger charge is -2.19. The highest BCUT2D eigenvalue weighted by Crippen LogP contribution is 2.24. The van der Waals surface area contributed by atoms with Crippen LogP contribution in [0.2, 0.25) is 0 Å². The molecular formula is C13H19NO2. The Hall–Kier alpha value is -1.35. The van der Waals surface area contributed by atoms with Crippen LogP contribution in [0.15, 0.2) is 18.2 Å². The van der Waals surface area contributed by atoms with Crippen molar-refractivity contribution in [3.8, 4) is 5.75 Å². The van der Waals surface area contributed by atoms with Crippen molar-refractivity contribution >= 4 is 6.29 Å². The van der Waals surface area contributed by atoms with Crippen LogP contribution >= 0.6 is 0 Å². The monoisotopic (exact) mass is 221 g/mol. The normalized spacial score (nSPS) is 12.6. The number of ether oxygens (including phenoxy) is 1. The van der Waals surface area contributed by atoms with Gasteiger partial charge in [-0.05, 0) is 45.1 Å². The first-order valence-electron chi connectivity index (χ1n) is 5.45. The van der Waals surface area contributed by atoms with Crippen LogP contribution in [0.25, 0.3) is 0 Å². The maximum atomic E-state index is 11.0. The smallest absolute Gasteiger partial charge is 0.141 e. The summed E-state index contributed by atoms with van der Waals surface area (Å²) >= 11 is 0. The van der Waals surface area contributed by atoms with Gasteiger partial charge in [-0.3, -0.25) is 4.90 Å². The number of hydrogen-bond donors (Lipinski definition) is 0. The average molecular weight is 221 g/mol. The third-order valence-corrected chi connectivity index (χ3v) is 2.53. The molecule has 0 N–H and O–H groups in total. The van der Waals surface area contributed by atoms with Crippen LogP contribution < -0.4 is 4.74 Å². The molecule has 0 spiro atoms. The lowest BCUT2D eigenvalue weighted by atomic mass is 10.0. The highest BCUT2D eigenvalue weighted by molar-refractivity contribution is 5.62. The summed E-state index contributed by atoms with van der Waals surface area (Å²) in [5.41, 5.74) is 2.06. The Morgan fingerprint density at radius 1 is 1.44 bits per heavy atom. The minimum absolute atomic E-state index is 0.186. The predicted octanol–water partition coefficient (Wildman–Crippen LogP) is 2.20. The molecule has 0 heterocycles. The van der Waals surface area contributed by atoms with E-state index in [9.17, 15) is 4.79 Å². The van der Waals surface area contributed by atoms with Crippen LogP contribution in [-0.4, -0.2) is 31.9 Å². The molecule has 0 aliphatic rings. The third-order valence-electron chi connectivity index (χ3n) is 2.53. The van der Waals surface area contributed by atoms with Gasteiger partial charge < -0.3 is 9.53 Å². The maximum absolute atomic E-state index is 11.0. The van der Waals surface area contributed by atoms with Crippen molar-refractivity contribution in [3.05, 3.63) is 29.3 Å². The Balaban J connectivity index is 2.99. The standard InChI is InChI=1S/C13H19NO2/c1-5-16-13-7-6-11(8-10(13)2)12(9-15)14(3)4/h6-9,12H,5H2,1-4H3. The first kappa shape index (κ1) is 12.7. The first-order chi connectivity index (χ1) is 7.60. The summed E-state index contributed by atoms with van der Waals surface area (Å²) in [5.74, 6) is 0.884. The Morgan fingerprint density at radius 3 is 2.56 bits per heavy atom. The Kier molecular flexibility index (Phi) is 4.50. The van der Waals surface area contributed by atoms with Gasteiger partial charge in [-0.25, -0.2) is 0 Å². The number of aldehydes is 1. The molecule has 0 saturated carbocycles. The van der Waals surface area contributed by atoms with E-state index >= 15 is 0 Å². The van der Waals surface area contributed by atoms with Crippen molar-refractivity contribution in [2.45, 2.75) is 19.9 Å². The van der Waals surface area contributed by atoms with E-state index in [4.69, 9.17) is 4.74 Å². The van der Waals surface area contributed by atoms with E-state index in [0.29, 0.717) is 6.61 Å². The number of likely N-dealkylation sites (N-methyl/N-ethyl adjacent to an activating group) is 1. The fraction of sp³-hybridized carbons (Fsp3) is 0.462. The largest absolute Gasteiger partial charge is 0.494 e.